The van der Waals surface area contributed by atoms with Gasteiger partial charge in [-0.05, 0) is 27.0 Å². The molecule has 0 aliphatic heterocycles. The van der Waals surface area contributed by atoms with Gasteiger partial charge in [-0.1, -0.05) is 6.92 Å². The highest BCUT2D eigenvalue weighted by molar-refractivity contribution is 7.98. The van der Waals surface area contributed by atoms with Crippen LogP contribution in [0.15, 0.2) is 0 Å². The van der Waals surface area contributed by atoms with Crippen molar-refractivity contribution in [2.24, 2.45) is 5.92 Å². The van der Waals surface area contributed by atoms with Gasteiger partial charge in [-0.15, -0.1) is 0 Å². The number of hydrogen-bond donors (Lipinski definition) is 1. The van der Waals surface area contributed by atoms with Gasteiger partial charge in [0.05, 0.1) is 6.10 Å². The van der Waals surface area contributed by atoms with Crippen molar-refractivity contribution in [3.63, 3.8) is 0 Å². The summed E-state index contributed by atoms with van der Waals surface area (Å²) in [4.78, 5) is 13.8. The molecule has 0 aromatic carbocycles. The summed E-state index contributed by atoms with van der Waals surface area (Å²) in [6, 6.07) is 0.149. The van der Waals surface area contributed by atoms with Crippen molar-refractivity contribution < 1.29 is 9.90 Å². The molecular formula is C11H23NO2S. The van der Waals surface area contributed by atoms with E-state index in [0.29, 0.717) is 6.54 Å². The third kappa shape index (κ3) is 5.42. The van der Waals surface area contributed by atoms with Gasteiger partial charge in [-0.25, -0.2) is 0 Å². The molecule has 0 rings (SSSR count). The van der Waals surface area contributed by atoms with Crippen LogP contribution in [-0.2, 0) is 4.79 Å². The maximum absolute atomic E-state index is 12.0. The smallest absolute Gasteiger partial charge is 0.226 e. The van der Waals surface area contributed by atoms with Crippen molar-refractivity contribution in [3.05, 3.63) is 0 Å². The summed E-state index contributed by atoms with van der Waals surface area (Å²) in [5, 5.41) is 9.33. The zero-order valence-corrected chi connectivity index (χ0v) is 11.2. The molecule has 3 nitrogen and oxygen atoms in total. The SMILES string of the molecule is CSCC(C)C(=O)N(CC(C)O)C(C)C. The normalized spacial score (nSPS) is 15.1. The average Bonchev–Trinajstić information content (AvgIpc) is 2.12. The lowest BCUT2D eigenvalue weighted by Gasteiger charge is -2.30. The highest BCUT2D eigenvalue weighted by atomic mass is 32.2. The maximum atomic E-state index is 12.0. The number of amides is 1. The summed E-state index contributed by atoms with van der Waals surface area (Å²) in [6.45, 7) is 8.03. The van der Waals surface area contributed by atoms with Crippen LogP contribution in [0.3, 0.4) is 0 Å². The van der Waals surface area contributed by atoms with Gasteiger partial charge in [0, 0.05) is 24.3 Å². The molecule has 15 heavy (non-hydrogen) atoms. The first-order valence-corrected chi connectivity index (χ1v) is 6.77. The van der Waals surface area contributed by atoms with Gasteiger partial charge in [0.15, 0.2) is 0 Å². The van der Waals surface area contributed by atoms with Crippen LogP contribution >= 0.6 is 11.8 Å². The number of carbonyl (C=O) groups is 1. The monoisotopic (exact) mass is 233 g/mol. The zero-order chi connectivity index (χ0) is 12.0. The fraction of sp³-hybridized carbons (Fsp3) is 0.909. The van der Waals surface area contributed by atoms with Gasteiger partial charge in [-0.2, -0.15) is 11.8 Å². The first-order valence-electron chi connectivity index (χ1n) is 5.37. The zero-order valence-electron chi connectivity index (χ0n) is 10.4. The Kier molecular flexibility index (Phi) is 7.02. The number of nitrogens with zero attached hydrogens (tertiary/aromatic N) is 1. The van der Waals surface area contributed by atoms with Crippen molar-refractivity contribution in [2.45, 2.75) is 39.8 Å². The van der Waals surface area contributed by atoms with E-state index in [1.807, 2.05) is 27.0 Å². The van der Waals surface area contributed by atoms with E-state index in [0.717, 1.165) is 5.75 Å². The molecular weight excluding hydrogens is 210 g/mol. The number of aliphatic hydroxyl groups is 1. The van der Waals surface area contributed by atoms with E-state index in [2.05, 4.69) is 0 Å². The van der Waals surface area contributed by atoms with Crippen molar-refractivity contribution in [2.75, 3.05) is 18.6 Å². The summed E-state index contributed by atoms with van der Waals surface area (Å²) in [6.07, 6.45) is 1.54. The van der Waals surface area contributed by atoms with Gasteiger partial charge in [0.25, 0.3) is 0 Å². The second kappa shape index (κ2) is 7.12. The molecule has 0 aromatic heterocycles. The Labute approximate surface area is 97.2 Å². The third-order valence-electron chi connectivity index (χ3n) is 2.21. The van der Waals surface area contributed by atoms with Gasteiger partial charge in [0.2, 0.25) is 5.91 Å². The highest BCUT2D eigenvalue weighted by Crippen LogP contribution is 2.11. The second-order valence-corrected chi connectivity index (χ2v) is 5.20. The van der Waals surface area contributed by atoms with Gasteiger partial charge in [-0.3, -0.25) is 4.79 Å². The fourth-order valence-corrected chi connectivity index (χ4v) is 2.09. The van der Waals surface area contributed by atoms with Gasteiger partial charge >= 0.3 is 0 Å². The topological polar surface area (TPSA) is 40.5 Å². The molecule has 0 heterocycles. The number of thioether (sulfide) groups is 1. The lowest BCUT2D eigenvalue weighted by Crippen LogP contribution is -2.44. The first kappa shape index (κ1) is 14.8. The molecule has 4 heteroatoms. The minimum absolute atomic E-state index is 0.0288. The van der Waals surface area contributed by atoms with E-state index in [-0.39, 0.29) is 17.9 Å². The molecule has 2 atom stereocenters. The predicted molar refractivity (Wildman–Crippen MR) is 66.1 cm³/mol. The second-order valence-electron chi connectivity index (χ2n) is 4.29. The fourth-order valence-electron chi connectivity index (χ4n) is 1.44. The lowest BCUT2D eigenvalue weighted by atomic mass is 10.1. The maximum Gasteiger partial charge on any atom is 0.226 e. The molecule has 0 saturated heterocycles. The van der Waals surface area contributed by atoms with Crippen LogP contribution < -0.4 is 0 Å². The molecule has 2 unspecified atom stereocenters. The molecule has 90 valence electrons. The molecule has 0 spiro atoms. The Morgan fingerprint density at radius 1 is 1.33 bits per heavy atom. The van der Waals surface area contributed by atoms with Crippen molar-refractivity contribution >= 4 is 17.7 Å². The Bertz CT molecular complexity index is 195. The van der Waals surface area contributed by atoms with Gasteiger partial charge < -0.3 is 10.0 Å². The first-order chi connectivity index (χ1) is 6.90. The largest absolute Gasteiger partial charge is 0.392 e. The van der Waals surface area contributed by atoms with Crippen LogP contribution in [-0.4, -0.2) is 46.6 Å². The number of aliphatic hydroxyl groups excluding tert-OH is 1. The van der Waals surface area contributed by atoms with Crippen LogP contribution in [0.5, 0.6) is 0 Å². The number of rotatable bonds is 6. The van der Waals surface area contributed by atoms with Crippen molar-refractivity contribution in [1.82, 2.24) is 4.90 Å². The number of hydrogen-bond acceptors (Lipinski definition) is 3. The number of carbonyl (C=O) groups excluding carboxylic acids is 1. The van der Waals surface area contributed by atoms with Crippen molar-refractivity contribution in [1.29, 1.82) is 0 Å². The standard InChI is InChI=1S/C11H23NO2S/c1-8(2)12(6-10(4)13)11(14)9(3)7-15-5/h8-10,13H,6-7H2,1-5H3. The average molecular weight is 233 g/mol. The van der Waals surface area contributed by atoms with Crippen LogP contribution in [0, 0.1) is 5.92 Å². The summed E-state index contributed by atoms with van der Waals surface area (Å²) < 4.78 is 0. The summed E-state index contributed by atoms with van der Waals surface area (Å²) >= 11 is 1.68. The van der Waals surface area contributed by atoms with E-state index in [1.54, 1.807) is 23.6 Å². The van der Waals surface area contributed by atoms with Crippen molar-refractivity contribution in [3.8, 4) is 0 Å². The summed E-state index contributed by atoms with van der Waals surface area (Å²) in [5.41, 5.74) is 0. The van der Waals surface area contributed by atoms with Crippen LogP contribution in [0.4, 0.5) is 0 Å². The highest BCUT2D eigenvalue weighted by Gasteiger charge is 2.23. The Morgan fingerprint density at radius 3 is 2.20 bits per heavy atom. The molecule has 0 bridgehead atoms. The minimum atomic E-state index is -0.460. The predicted octanol–water partition coefficient (Wildman–Crippen LogP) is 1.60. The van der Waals surface area contributed by atoms with E-state index < -0.39 is 6.10 Å². The molecule has 1 amide bonds. The molecule has 0 aliphatic carbocycles. The van der Waals surface area contributed by atoms with E-state index in [4.69, 9.17) is 0 Å². The van der Waals surface area contributed by atoms with Gasteiger partial charge in [0.1, 0.15) is 0 Å². The Balaban J connectivity index is 4.41. The lowest BCUT2D eigenvalue weighted by molar-refractivity contribution is -0.137. The van der Waals surface area contributed by atoms with Crippen LogP contribution in [0.1, 0.15) is 27.7 Å². The van der Waals surface area contributed by atoms with Crippen LogP contribution in [0.2, 0.25) is 0 Å². The van der Waals surface area contributed by atoms with E-state index in [9.17, 15) is 9.90 Å². The molecule has 1 N–H and O–H groups in total. The molecule has 0 fully saturated rings. The Morgan fingerprint density at radius 2 is 1.87 bits per heavy atom. The molecule has 0 aromatic rings. The molecule has 0 aliphatic rings. The minimum Gasteiger partial charge on any atom is -0.392 e. The quantitative estimate of drug-likeness (QED) is 0.757. The van der Waals surface area contributed by atoms with E-state index in [1.165, 1.54) is 0 Å². The summed E-state index contributed by atoms with van der Waals surface area (Å²) in [7, 11) is 0. The van der Waals surface area contributed by atoms with E-state index >= 15 is 0 Å². The Hall–Kier alpha value is -0.220. The molecule has 0 radical (unpaired) electrons. The van der Waals surface area contributed by atoms with Crippen LogP contribution in [0.25, 0.3) is 0 Å². The third-order valence-corrected chi connectivity index (χ3v) is 3.04. The summed E-state index contributed by atoms with van der Waals surface area (Å²) in [5.74, 6) is 1.00. The molecule has 0 saturated carbocycles.